The van der Waals surface area contributed by atoms with Crippen molar-refractivity contribution >= 4 is 22.8 Å². The third kappa shape index (κ3) is 5.18. The van der Waals surface area contributed by atoms with E-state index in [2.05, 4.69) is 17.0 Å². The number of hydrogen-bond acceptors (Lipinski definition) is 5. The highest BCUT2D eigenvalue weighted by molar-refractivity contribution is 5.90. The van der Waals surface area contributed by atoms with Gasteiger partial charge in [-0.3, -0.25) is 19.4 Å². The minimum absolute atomic E-state index is 0.0366. The number of fused-ring (bicyclic) bond motifs is 1. The zero-order valence-corrected chi connectivity index (χ0v) is 18.7. The molecular formula is C25H29N3O5. The van der Waals surface area contributed by atoms with Crippen molar-refractivity contribution in [1.82, 2.24) is 14.4 Å². The van der Waals surface area contributed by atoms with Crippen LogP contribution in [0.5, 0.6) is 5.75 Å². The summed E-state index contributed by atoms with van der Waals surface area (Å²) in [4.78, 5) is 27.9. The van der Waals surface area contributed by atoms with Crippen LogP contribution in [0.15, 0.2) is 54.7 Å². The summed E-state index contributed by atoms with van der Waals surface area (Å²) in [5.41, 5.74) is 2.72. The number of aliphatic carboxylic acids is 2. The van der Waals surface area contributed by atoms with Crippen LogP contribution in [0.1, 0.15) is 23.6 Å². The van der Waals surface area contributed by atoms with E-state index in [1.807, 2.05) is 45.9 Å². The third-order valence-electron chi connectivity index (χ3n) is 6.24. The number of aryl methyl sites for hydroxylation is 1. The molecule has 0 bridgehead atoms. The molecule has 0 spiro atoms. The van der Waals surface area contributed by atoms with Crippen LogP contribution < -0.4 is 4.74 Å². The molecule has 33 heavy (non-hydrogen) atoms. The van der Waals surface area contributed by atoms with Gasteiger partial charge < -0.3 is 19.5 Å². The number of ether oxygens (including phenoxy) is 1. The molecule has 3 aromatic rings. The Balaban J connectivity index is 1.59. The lowest BCUT2D eigenvalue weighted by molar-refractivity contribution is -0.144. The molecule has 0 aliphatic carbocycles. The van der Waals surface area contributed by atoms with Gasteiger partial charge in [-0.15, -0.1) is 0 Å². The first-order valence-corrected chi connectivity index (χ1v) is 11.1. The Kier molecular flexibility index (Phi) is 6.96. The minimum Gasteiger partial charge on any atom is -0.497 e. The summed E-state index contributed by atoms with van der Waals surface area (Å²) in [6.07, 6.45) is 1.76. The molecule has 4 rings (SSSR count). The largest absolute Gasteiger partial charge is 0.497 e. The maximum absolute atomic E-state index is 12.5. The molecule has 0 radical (unpaired) electrons. The number of nitrogens with zero attached hydrogens (tertiary/aromatic N) is 3. The van der Waals surface area contributed by atoms with E-state index in [0.717, 1.165) is 30.5 Å². The van der Waals surface area contributed by atoms with Gasteiger partial charge in [0.2, 0.25) is 0 Å². The van der Waals surface area contributed by atoms with Crippen LogP contribution in [0.3, 0.4) is 0 Å². The first-order chi connectivity index (χ1) is 16.0. The van der Waals surface area contributed by atoms with Gasteiger partial charge in [0.1, 0.15) is 11.8 Å². The first-order valence-electron chi connectivity index (χ1n) is 11.1. The number of carbonyl (C=O) groups is 2. The van der Waals surface area contributed by atoms with Crippen molar-refractivity contribution in [2.45, 2.75) is 25.6 Å². The van der Waals surface area contributed by atoms with E-state index in [9.17, 15) is 14.7 Å². The smallest absolute Gasteiger partial charge is 0.325 e. The van der Waals surface area contributed by atoms with Crippen LogP contribution in [0.4, 0.5) is 0 Å². The van der Waals surface area contributed by atoms with Gasteiger partial charge in [0.05, 0.1) is 13.5 Å². The van der Waals surface area contributed by atoms with E-state index < -0.39 is 18.0 Å². The topological polar surface area (TPSA) is 95.2 Å². The average Bonchev–Trinajstić information content (AvgIpc) is 3.16. The molecule has 1 saturated heterocycles. The highest BCUT2D eigenvalue weighted by Crippen LogP contribution is 2.34. The predicted octanol–water partition coefficient (Wildman–Crippen LogP) is 3.07. The van der Waals surface area contributed by atoms with E-state index in [0.29, 0.717) is 24.4 Å². The van der Waals surface area contributed by atoms with Crippen LogP contribution in [0, 0.1) is 0 Å². The lowest BCUT2D eigenvalue weighted by Gasteiger charge is -2.37. The van der Waals surface area contributed by atoms with Gasteiger partial charge >= 0.3 is 11.9 Å². The van der Waals surface area contributed by atoms with Crippen LogP contribution in [-0.2, 0) is 22.7 Å². The zero-order valence-electron chi connectivity index (χ0n) is 18.7. The van der Waals surface area contributed by atoms with Crippen molar-refractivity contribution in [3.63, 3.8) is 0 Å². The Morgan fingerprint density at radius 2 is 1.76 bits per heavy atom. The maximum Gasteiger partial charge on any atom is 0.325 e. The van der Waals surface area contributed by atoms with Gasteiger partial charge in [0, 0.05) is 61.9 Å². The number of carboxylic acid groups (broad SMARTS) is 2. The summed E-state index contributed by atoms with van der Waals surface area (Å²) in [6.45, 7) is 3.94. The van der Waals surface area contributed by atoms with Gasteiger partial charge in [-0.1, -0.05) is 30.3 Å². The Labute approximate surface area is 192 Å². The van der Waals surface area contributed by atoms with Gasteiger partial charge in [-0.2, -0.15) is 0 Å². The van der Waals surface area contributed by atoms with E-state index >= 15 is 0 Å². The normalized spacial score (nSPS) is 16.0. The van der Waals surface area contributed by atoms with Crippen LogP contribution in [0.2, 0.25) is 0 Å². The molecule has 2 heterocycles. The van der Waals surface area contributed by atoms with E-state index in [1.54, 1.807) is 13.3 Å². The molecule has 1 fully saturated rings. The Morgan fingerprint density at radius 3 is 2.39 bits per heavy atom. The van der Waals surface area contributed by atoms with Gasteiger partial charge in [-0.25, -0.2) is 0 Å². The van der Waals surface area contributed by atoms with Crippen molar-refractivity contribution in [3.05, 3.63) is 65.9 Å². The molecule has 1 atom stereocenters. The van der Waals surface area contributed by atoms with Gasteiger partial charge in [0.25, 0.3) is 0 Å². The molecule has 2 N–H and O–H groups in total. The highest BCUT2D eigenvalue weighted by Gasteiger charge is 2.33. The molecular weight excluding hydrogens is 422 g/mol. The van der Waals surface area contributed by atoms with Gasteiger partial charge in [0.15, 0.2) is 0 Å². The fourth-order valence-electron chi connectivity index (χ4n) is 4.56. The maximum atomic E-state index is 12.5. The highest BCUT2D eigenvalue weighted by atomic mass is 16.5. The number of methoxy groups -OCH3 is 1. The number of aromatic nitrogens is 1. The minimum atomic E-state index is -0.911. The van der Waals surface area contributed by atoms with Crippen molar-refractivity contribution in [2.75, 3.05) is 33.3 Å². The summed E-state index contributed by atoms with van der Waals surface area (Å²) in [5, 5.41) is 20.1. The SMILES string of the molecule is COc1ccc2c(c1)c([C@@H](C(=O)O)N1CCN(Cc3ccccc3)CC1)cn2CCC(=O)O. The zero-order chi connectivity index (χ0) is 23.4. The summed E-state index contributed by atoms with van der Waals surface area (Å²) < 4.78 is 7.20. The van der Waals surface area contributed by atoms with Gasteiger partial charge in [-0.05, 0) is 23.8 Å². The molecule has 174 valence electrons. The third-order valence-corrected chi connectivity index (χ3v) is 6.24. The van der Waals surface area contributed by atoms with Crippen molar-refractivity contribution < 1.29 is 24.5 Å². The molecule has 8 nitrogen and oxygen atoms in total. The van der Waals surface area contributed by atoms with Crippen molar-refractivity contribution in [1.29, 1.82) is 0 Å². The van der Waals surface area contributed by atoms with E-state index in [-0.39, 0.29) is 13.0 Å². The second kappa shape index (κ2) is 10.1. The van der Waals surface area contributed by atoms with Crippen LogP contribution >= 0.6 is 0 Å². The fourth-order valence-corrected chi connectivity index (χ4v) is 4.56. The average molecular weight is 452 g/mol. The molecule has 0 amide bonds. The predicted molar refractivity (Wildman–Crippen MR) is 124 cm³/mol. The Morgan fingerprint density at radius 1 is 1.03 bits per heavy atom. The summed E-state index contributed by atoms with van der Waals surface area (Å²) in [6, 6.07) is 14.9. The Hall–Kier alpha value is -3.36. The monoisotopic (exact) mass is 451 g/mol. The van der Waals surface area contributed by atoms with Crippen LogP contribution in [-0.4, -0.2) is 69.8 Å². The number of rotatable bonds is 9. The number of benzene rings is 2. The number of piperazine rings is 1. The standard InChI is InChI=1S/C25H29N3O5/c1-33-19-7-8-22-20(15-19)21(17-28(22)10-9-23(29)30)24(25(31)32)27-13-11-26(12-14-27)16-18-5-3-2-4-6-18/h2-8,15,17,24H,9-14,16H2,1H3,(H,29,30)(H,31,32)/t24-/m0/s1. The number of carboxylic acids is 2. The lowest BCUT2D eigenvalue weighted by Crippen LogP contribution is -2.48. The molecule has 0 saturated carbocycles. The molecule has 0 unspecified atom stereocenters. The molecule has 8 heteroatoms. The molecule has 2 aromatic carbocycles. The van der Waals surface area contributed by atoms with Crippen molar-refractivity contribution in [3.8, 4) is 5.75 Å². The molecule has 1 aromatic heterocycles. The summed E-state index contributed by atoms with van der Waals surface area (Å²) >= 11 is 0. The lowest BCUT2D eigenvalue weighted by atomic mass is 10.0. The summed E-state index contributed by atoms with van der Waals surface area (Å²) in [7, 11) is 1.57. The second-order valence-electron chi connectivity index (χ2n) is 8.34. The first kappa shape index (κ1) is 22.8. The fraction of sp³-hybridized carbons (Fsp3) is 0.360. The van der Waals surface area contributed by atoms with E-state index in [1.165, 1.54) is 5.56 Å². The second-order valence-corrected chi connectivity index (χ2v) is 8.34. The summed E-state index contributed by atoms with van der Waals surface area (Å²) in [5.74, 6) is -1.17. The molecule has 1 aliphatic rings. The van der Waals surface area contributed by atoms with Crippen molar-refractivity contribution in [2.24, 2.45) is 0 Å². The Bertz CT molecular complexity index is 1120. The molecule has 1 aliphatic heterocycles. The van der Waals surface area contributed by atoms with E-state index in [4.69, 9.17) is 9.84 Å². The number of hydrogen-bond donors (Lipinski definition) is 2. The van der Waals surface area contributed by atoms with Crippen LogP contribution in [0.25, 0.3) is 10.9 Å². The quantitative estimate of drug-likeness (QED) is 0.516.